The molecule has 0 aromatic rings. The van der Waals surface area contributed by atoms with E-state index in [4.69, 9.17) is 137 Å². The molecule has 22 saturated heterocycles. The first kappa shape index (κ1) is 69.3. The van der Waals surface area contributed by atoms with Crippen molar-refractivity contribution in [3.63, 3.8) is 0 Å². The van der Waals surface area contributed by atoms with Gasteiger partial charge in [0.05, 0.1) is 39.6 Å². The van der Waals surface area contributed by atoms with Crippen LogP contribution in [0.15, 0.2) is 0 Å². The molecule has 0 aliphatic carbocycles. The van der Waals surface area contributed by atoms with E-state index in [0.717, 1.165) is 0 Å². The molecule has 30 atom stereocenters. The fourth-order valence-corrected chi connectivity index (χ4v) is 12.5. The molecule has 0 radical (unpaired) electrons. The van der Waals surface area contributed by atoms with Gasteiger partial charge < -0.3 is 142 Å². The Labute approximate surface area is 486 Å². The molecule has 0 amide bonds. The van der Waals surface area contributed by atoms with Crippen molar-refractivity contribution in [1.29, 1.82) is 0 Å². The Morgan fingerprint density at radius 2 is 0.361 bits per heavy atom. The van der Waals surface area contributed by atoms with Crippen molar-refractivity contribution in [2.45, 2.75) is 184 Å². The second-order valence-electron chi connectivity index (χ2n) is 20.8. The first-order valence-electron chi connectivity index (χ1n) is 27.6. The SMILES string of the molecule is COC[C@H]1O[C@@H]2O[C@H]3[C@H](OC)[C@@H](OC)[C@@H](O[C@H]4[C@H](OC)[C@@H](OC)[C@@H](O[C@H]5[C@H](OC)[C@@H](OC)[C@@H](O[C@H]6[C@H](OC)[C@@H](OC)[C@@H](O[C@H]7[C@H](OC)[C@@H](OC)[C@@H](O[C@H]1[C@H](O)[C@H]2OC)O[C@@H]7COC)O[C@@H]6COC)O[C@@H]5COC)O[C@@H]4COC)O[C@@H]3COC. The molecule has 0 aromatic carbocycles. The van der Waals surface area contributed by atoms with E-state index in [1.807, 2.05) is 0 Å². The summed E-state index contributed by atoms with van der Waals surface area (Å²) in [4.78, 5) is 0. The largest absolute Gasteiger partial charge is 0.387 e. The fraction of sp³-hybridized carbons (Fsp3) is 1.00. The smallest absolute Gasteiger partial charge is 0.187 e. The lowest BCUT2D eigenvalue weighted by Crippen LogP contribution is -2.70. The summed E-state index contributed by atoms with van der Waals surface area (Å²) in [5.74, 6) is 0. The van der Waals surface area contributed by atoms with E-state index in [1.165, 1.54) is 121 Å². The fourth-order valence-electron chi connectivity index (χ4n) is 12.5. The van der Waals surface area contributed by atoms with Gasteiger partial charge in [-0.25, -0.2) is 0 Å². The van der Waals surface area contributed by atoms with Gasteiger partial charge in [0.25, 0.3) is 0 Å². The van der Waals surface area contributed by atoms with E-state index >= 15 is 0 Å². The lowest BCUT2D eigenvalue weighted by molar-refractivity contribution is -0.409. The van der Waals surface area contributed by atoms with Crippen LogP contribution in [0.5, 0.6) is 0 Å². The second kappa shape index (κ2) is 33.6. The van der Waals surface area contributed by atoms with Gasteiger partial charge in [0.2, 0.25) is 0 Å². The Bertz CT molecular complexity index is 1810. The molecule has 30 heteroatoms. The number of hydrogen-bond donors (Lipinski definition) is 1. The van der Waals surface area contributed by atoms with Gasteiger partial charge in [0, 0.05) is 121 Å². The van der Waals surface area contributed by atoms with Crippen LogP contribution in [0, 0.1) is 0 Å². The number of aliphatic hydroxyl groups excluding tert-OH is 1. The van der Waals surface area contributed by atoms with E-state index < -0.39 is 184 Å². The van der Waals surface area contributed by atoms with E-state index in [-0.39, 0.29) is 39.6 Å². The van der Waals surface area contributed by atoms with Gasteiger partial charge in [0.1, 0.15) is 146 Å². The van der Waals surface area contributed by atoms with Gasteiger partial charge in [-0.2, -0.15) is 0 Å². The summed E-state index contributed by atoms with van der Waals surface area (Å²) in [6.07, 6.45) is -31.5. The molecule has 486 valence electrons. The third kappa shape index (κ3) is 15.0. The van der Waals surface area contributed by atoms with Crippen molar-refractivity contribution in [3.8, 4) is 0 Å². The van der Waals surface area contributed by atoms with Crippen LogP contribution in [0.2, 0.25) is 0 Å². The zero-order valence-corrected chi connectivity index (χ0v) is 50.8. The molecular weight excluding hydrogens is 1120 g/mol. The average molecular weight is 1210 g/mol. The van der Waals surface area contributed by atoms with Gasteiger partial charge in [-0.3, -0.25) is 0 Å². The standard InChI is InChI=1S/C53H94O30/c1-55-18-24-31-30(54)37(61-7)48(72-24)79-32-25(19-56-2)74-50(44(68-14)38(32)62-8)81-34-27(21-58-4)76-52(46(70-16)40(34)64-10)83-36-29(23-60-6)77-53(47(71-17)42(36)66-12)82-35-28(22-59-5)75-51(45(69-15)41(35)65-11)80-33-26(20-57-3)73-49(78-31)43(67-13)39(33)63-9/h24-54H,18-23H2,1-17H3/t24-,25-,26-,27-,28-,29-,30+,31-,32-,33-,34-,35-,36-,37-,38+,39+,40+,41+,42+,43-,44-,45-,46-,47-,48-,49-,50-,51-,52-,53-/m1/s1. The van der Waals surface area contributed by atoms with Gasteiger partial charge >= 0.3 is 0 Å². The monoisotopic (exact) mass is 1210 g/mol. The Morgan fingerprint density at radius 3 is 0.530 bits per heavy atom. The third-order valence-corrected chi connectivity index (χ3v) is 16.3. The molecule has 22 rings (SSSR count). The minimum Gasteiger partial charge on any atom is -0.387 e. The van der Waals surface area contributed by atoms with Gasteiger partial charge in [-0.1, -0.05) is 0 Å². The molecule has 22 aliphatic heterocycles. The summed E-state index contributed by atoms with van der Waals surface area (Å²) in [5.41, 5.74) is 0. The van der Waals surface area contributed by atoms with Crippen molar-refractivity contribution in [3.05, 3.63) is 0 Å². The highest BCUT2D eigenvalue weighted by Crippen LogP contribution is 2.42. The van der Waals surface area contributed by atoms with E-state index in [9.17, 15) is 5.11 Å². The summed E-state index contributed by atoms with van der Waals surface area (Å²) in [5, 5.41) is 12.4. The average Bonchev–Trinajstić information content (AvgIpc) is 3.62. The summed E-state index contributed by atoms with van der Waals surface area (Å²) < 4.78 is 184. The van der Waals surface area contributed by atoms with E-state index in [1.54, 1.807) is 0 Å². The maximum absolute atomic E-state index is 12.4. The molecule has 22 heterocycles. The van der Waals surface area contributed by atoms with E-state index in [0.29, 0.717) is 0 Å². The Kier molecular flexibility index (Phi) is 28.0. The number of aliphatic hydroxyl groups is 1. The quantitative estimate of drug-likeness (QED) is 0.117. The molecule has 30 nitrogen and oxygen atoms in total. The van der Waals surface area contributed by atoms with Crippen LogP contribution in [0.25, 0.3) is 0 Å². The topological polar surface area (TPSA) is 288 Å². The van der Waals surface area contributed by atoms with Crippen molar-refractivity contribution in [2.24, 2.45) is 0 Å². The Morgan fingerprint density at radius 1 is 0.205 bits per heavy atom. The van der Waals surface area contributed by atoms with Gasteiger partial charge in [-0.15, -0.1) is 0 Å². The van der Waals surface area contributed by atoms with Crippen LogP contribution < -0.4 is 0 Å². The highest BCUT2D eigenvalue weighted by atomic mass is 16.8. The molecule has 0 saturated carbocycles. The molecule has 1 N–H and O–H groups in total. The highest BCUT2D eigenvalue weighted by molar-refractivity contribution is 5.03. The van der Waals surface area contributed by atoms with Crippen molar-refractivity contribution < 1.29 is 142 Å². The normalized spacial score (nSPS) is 46.5. The molecule has 0 aromatic heterocycles. The molecule has 0 unspecified atom stereocenters. The zero-order valence-electron chi connectivity index (χ0n) is 50.8. The second-order valence-corrected chi connectivity index (χ2v) is 20.8. The van der Waals surface area contributed by atoms with Crippen molar-refractivity contribution in [1.82, 2.24) is 0 Å². The van der Waals surface area contributed by atoms with Crippen molar-refractivity contribution in [2.75, 3.05) is 161 Å². The lowest BCUT2D eigenvalue weighted by atomic mass is 9.94. The molecule has 83 heavy (non-hydrogen) atoms. The summed E-state index contributed by atoms with van der Waals surface area (Å²) in [6.45, 7) is -0.230. The number of hydrogen-bond acceptors (Lipinski definition) is 30. The predicted octanol–water partition coefficient (Wildman–Crippen LogP) is -1.94. The molecule has 0 spiro atoms. The maximum Gasteiger partial charge on any atom is 0.187 e. The van der Waals surface area contributed by atoms with Crippen LogP contribution in [-0.2, 0) is 137 Å². The molecule has 22 fully saturated rings. The van der Waals surface area contributed by atoms with Gasteiger partial charge in [0.15, 0.2) is 37.7 Å². The van der Waals surface area contributed by atoms with E-state index in [2.05, 4.69) is 0 Å². The Hall–Kier alpha value is -1.20. The number of methoxy groups -OCH3 is 17. The van der Waals surface area contributed by atoms with Crippen molar-refractivity contribution >= 4 is 0 Å². The Balaban J connectivity index is 1.34. The number of rotatable bonds is 23. The summed E-state index contributed by atoms with van der Waals surface area (Å²) >= 11 is 0. The first-order chi connectivity index (χ1) is 40.3. The number of ether oxygens (including phenoxy) is 29. The third-order valence-electron chi connectivity index (χ3n) is 16.3. The summed E-state index contributed by atoms with van der Waals surface area (Å²) in [6, 6.07) is 0. The van der Waals surface area contributed by atoms with Crippen LogP contribution >= 0.6 is 0 Å². The van der Waals surface area contributed by atoms with Crippen LogP contribution in [0.4, 0.5) is 0 Å². The minimum atomic E-state index is -1.46. The van der Waals surface area contributed by atoms with Crippen LogP contribution in [0.3, 0.4) is 0 Å². The highest BCUT2D eigenvalue weighted by Gasteiger charge is 2.61. The summed E-state index contributed by atoms with van der Waals surface area (Å²) in [7, 11) is 25.4. The van der Waals surface area contributed by atoms with Crippen LogP contribution in [0.1, 0.15) is 0 Å². The molecule has 12 bridgehead atoms. The van der Waals surface area contributed by atoms with Gasteiger partial charge in [-0.05, 0) is 0 Å². The lowest BCUT2D eigenvalue weighted by Gasteiger charge is -2.53. The maximum atomic E-state index is 12.4. The predicted molar refractivity (Wildman–Crippen MR) is 277 cm³/mol. The first-order valence-corrected chi connectivity index (χ1v) is 27.6. The minimum absolute atomic E-state index is 0.0142. The molecule has 22 aliphatic rings. The van der Waals surface area contributed by atoms with Crippen LogP contribution in [-0.4, -0.2) is 350 Å². The molecular formula is C53H94O30. The zero-order chi connectivity index (χ0) is 60.1.